The van der Waals surface area contributed by atoms with Gasteiger partial charge in [0.1, 0.15) is 0 Å². The van der Waals surface area contributed by atoms with E-state index in [1.807, 2.05) is 28.8 Å². The first kappa shape index (κ1) is 23.6. The van der Waals surface area contributed by atoms with E-state index in [4.69, 9.17) is 16.3 Å². The van der Waals surface area contributed by atoms with Crippen LogP contribution in [0.2, 0.25) is 5.02 Å². The molecule has 1 saturated heterocycles. The summed E-state index contributed by atoms with van der Waals surface area (Å²) >= 11 is 7.39. The van der Waals surface area contributed by atoms with Crippen LogP contribution in [0, 0.1) is 6.92 Å². The predicted octanol–water partition coefficient (Wildman–Crippen LogP) is 4.43. The van der Waals surface area contributed by atoms with Gasteiger partial charge in [-0.05, 0) is 43.2 Å². The number of halogens is 1. The highest BCUT2D eigenvalue weighted by molar-refractivity contribution is 7.99. The van der Waals surface area contributed by atoms with Gasteiger partial charge in [0.25, 0.3) is 0 Å². The van der Waals surface area contributed by atoms with Crippen LogP contribution < -0.4 is 10.2 Å². The molecular weight excluding hydrogens is 458 g/mol. The lowest BCUT2D eigenvalue weighted by Gasteiger charge is -2.28. The van der Waals surface area contributed by atoms with Crippen molar-refractivity contribution in [1.82, 2.24) is 20.1 Å². The first-order chi connectivity index (χ1) is 16.0. The molecule has 174 valence electrons. The van der Waals surface area contributed by atoms with Gasteiger partial charge in [-0.25, -0.2) is 0 Å². The van der Waals surface area contributed by atoms with Gasteiger partial charge in [-0.15, -0.1) is 10.2 Å². The minimum atomic E-state index is -0.0609. The summed E-state index contributed by atoms with van der Waals surface area (Å²) in [6.45, 7) is 6.95. The average Bonchev–Trinajstić information content (AvgIpc) is 3.27. The number of hydrogen-bond acceptors (Lipinski definition) is 6. The van der Waals surface area contributed by atoms with Crippen LogP contribution in [-0.2, 0) is 9.53 Å². The third-order valence-corrected chi connectivity index (χ3v) is 6.73. The molecule has 1 aliphatic heterocycles. The van der Waals surface area contributed by atoms with Gasteiger partial charge in [0.05, 0.1) is 30.7 Å². The molecule has 0 aliphatic carbocycles. The first-order valence-electron chi connectivity index (χ1n) is 11.1. The zero-order chi connectivity index (χ0) is 23.2. The molecule has 1 N–H and O–H groups in total. The number of morpholine rings is 1. The minimum absolute atomic E-state index is 0.0480. The van der Waals surface area contributed by atoms with Crippen LogP contribution in [0.15, 0.2) is 53.7 Å². The van der Waals surface area contributed by atoms with E-state index in [2.05, 4.69) is 58.5 Å². The molecule has 1 unspecified atom stereocenters. The van der Waals surface area contributed by atoms with E-state index in [1.54, 1.807) is 0 Å². The van der Waals surface area contributed by atoms with Crippen LogP contribution in [0.4, 0.5) is 5.95 Å². The van der Waals surface area contributed by atoms with Crippen molar-refractivity contribution in [2.75, 3.05) is 37.0 Å². The van der Waals surface area contributed by atoms with Crippen LogP contribution in [-0.4, -0.2) is 52.7 Å². The fourth-order valence-corrected chi connectivity index (χ4v) is 4.61. The second-order valence-corrected chi connectivity index (χ2v) is 9.30. The summed E-state index contributed by atoms with van der Waals surface area (Å²) < 4.78 is 7.52. The number of ether oxygens (including phenoxy) is 1. The second-order valence-electron chi connectivity index (χ2n) is 7.92. The number of carbonyl (C=O) groups excluding carboxylic acids is 1. The minimum Gasteiger partial charge on any atom is -0.378 e. The summed E-state index contributed by atoms with van der Waals surface area (Å²) in [7, 11) is 0. The van der Waals surface area contributed by atoms with E-state index >= 15 is 0 Å². The number of benzene rings is 2. The molecule has 0 saturated carbocycles. The van der Waals surface area contributed by atoms with Crippen molar-refractivity contribution in [3.63, 3.8) is 0 Å². The standard InChI is InChI=1S/C24H28ClN5O2S/c1-3-21(18-6-8-19(25)9-7-18)26-22(31)16-33-24-28-27-23(29-12-14-32-15-13-29)30(24)20-10-4-17(2)5-11-20/h4-11,21H,3,12-16H2,1-2H3,(H,26,31). The number of aryl methyl sites for hydroxylation is 1. The summed E-state index contributed by atoms with van der Waals surface area (Å²) in [5.41, 5.74) is 3.20. The summed E-state index contributed by atoms with van der Waals surface area (Å²) in [6.07, 6.45) is 0.790. The second kappa shape index (κ2) is 11.0. The van der Waals surface area contributed by atoms with Crippen molar-refractivity contribution >= 4 is 35.2 Å². The van der Waals surface area contributed by atoms with Gasteiger partial charge in [0.2, 0.25) is 11.9 Å². The van der Waals surface area contributed by atoms with Gasteiger partial charge in [-0.2, -0.15) is 0 Å². The van der Waals surface area contributed by atoms with Crippen molar-refractivity contribution < 1.29 is 9.53 Å². The monoisotopic (exact) mass is 485 g/mol. The van der Waals surface area contributed by atoms with Crippen LogP contribution >= 0.6 is 23.4 Å². The Kier molecular flexibility index (Phi) is 7.90. The number of hydrogen-bond donors (Lipinski definition) is 1. The SMILES string of the molecule is CCC(NC(=O)CSc1nnc(N2CCOCC2)n1-c1ccc(C)cc1)c1ccc(Cl)cc1. The van der Waals surface area contributed by atoms with Gasteiger partial charge < -0.3 is 15.0 Å². The summed E-state index contributed by atoms with van der Waals surface area (Å²) in [5, 5.41) is 13.4. The Hall–Kier alpha value is -2.55. The van der Waals surface area contributed by atoms with E-state index in [0.717, 1.165) is 36.7 Å². The number of aromatic nitrogens is 3. The highest BCUT2D eigenvalue weighted by atomic mass is 35.5. The van der Waals surface area contributed by atoms with Crippen molar-refractivity contribution in [2.45, 2.75) is 31.5 Å². The molecule has 4 rings (SSSR count). The first-order valence-corrected chi connectivity index (χ1v) is 12.4. The Bertz CT molecular complexity index is 1070. The van der Waals surface area contributed by atoms with Crippen molar-refractivity contribution in [1.29, 1.82) is 0 Å². The summed E-state index contributed by atoms with van der Waals surface area (Å²) in [6, 6.07) is 15.8. The molecule has 1 aromatic heterocycles. The third kappa shape index (κ3) is 5.88. The normalized spacial score (nSPS) is 14.8. The Morgan fingerprint density at radius 1 is 1.12 bits per heavy atom. The Morgan fingerprint density at radius 2 is 1.82 bits per heavy atom. The molecule has 7 nitrogen and oxygen atoms in total. The molecule has 0 spiro atoms. The molecule has 9 heteroatoms. The lowest BCUT2D eigenvalue weighted by Crippen LogP contribution is -2.37. The molecule has 0 bridgehead atoms. The lowest BCUT2D eigenvalue weighted by molar-refractivity contribution is -0.119. The quantitative estimate of drug-likeness (QED) is 0.476. The van der Waals surface area contributed by atoms with Gasteiger partial charge in [0, 0.05) is 18.1 Å². The maximum absolute atomic E-state index is 12.8. The number of rotatable bonds is 8. The number of nitrogens with one attached hydrogen (secondary N) is 1. The highest BCUT2D eigenvalue weighted by Crippen LogP contribution is 2.28. The molecule has 1 aliphatic rings. The van der Waals surface area contributed by atoms with Crippen LogP contribution in [0.25, 0.3) is 5.69 Å². The maximum atomic E-state index is 12.8. The molecule has 33 heavy (non-hydrogen) atoms. The Labute approximate surface area is 203 Å². The van der Waals surface area contributed by atoms with E-state index in [9.17, 15) is 4.79 Å². The Morgan fingerprint density at radius 3 is 2.48 bits per heavy atom. The van der Waals surface area contributed by atoms with Crippen LogP contribution in [0.5, 0.6) is 0 Å². The number of nitrogens with zero attached hydrogens (tertiary/aromatic N) is 4. The highest BCUT2D eigenvalue weighted by Gasteiger charge is 2.22. The van der Waals surface area contributed by atoms with Gasteiger partial charge in [-0.1, -0.05) is 60.1 Å². The largest absolute Gasteiger partial charge is 0.378 e. The predicted molar refractivity (Wildman–Crippen MR) is 132 cm³/mol. The van der Waals surface area contributed by atoms with Gasteiger partial charge in [-0.3, -0.25) is 9.36 Å². The van der Waals surface area contributed by atoms with E-state index in [1.165, 1.54) is 17.3 Å². The molecule has 1 atom stereocenters. The molecule has 1 fully saturated rings. The van der Waals surface area contributed by atoms with Crippen LogP contribution in [0.3, 0.4) is 0 Å². The number of anilines is 1. The fraction of sp³-hybridized carbons (Fsp3) is 0.375. The lowest BCUT2D eigenvalue weighted by atomic mass is 10.0. The molecule has 0 radical (unpaired) electrons. The van der Waals surface area contributed by atoms with E-state index < -0.39 is 0 Å². The zero-order valence-corrected chi connectivity index (χ0v) is 20.4. The topological polar surface area (TPSA) is 72.3 Å². The van der Waals surface area contributed by atoms with Gasteiger partial charge >= 0.3 is 0 Å². The molecule has 1 amide bonds. The van der Waals surface area contributed by atoms with Crippen molar-refractivity contribution in [2.24, 2.45) is 0 Å². The number of thioether (sulfide) groups is 1. The Balaban J connectivity index is 1.50. The summed E-state index contributed by atoms with van der Waals surface area (Å²) in [4.78, 5) is 15.0. The maximum Gasteiger partial charge on any atom is 0.232 e. The van der Waals surface area contributed by atoms with Crippen molar-refractivity contribution in [3.05, 3.63) is 64.7 Å². The van der Waals surface area contributed by atoms with E-state index in [-0.39, 0.29) is 17.7 Å². The fourth-order valence-electron chi connectivity index (χ4n) is 3.73. The number of amides is 1. The molecule has 2 aromatic carbocycles. The molecule has 3 aromatic rings. The number of carbonyl (C=O) groups is 1. The van der Waals surface area contributed by atoms with Gasteiger partial charge in [0.15, 0.2) is 5.16 Å². The smallest absolute Gasteiger partial charge is 0.232 e. The molecule has 2 heterocycles. The third-order valence-electron chi connectivity index (χ3n) is 5.55. The van der Waals surface area contributed by atoms with E-state index in [0.29, 0.717) is 23.4 Å². The van der Waals surface area contributed by atoms with Crippen LogP contribution in [0.1, 0.15) is 30.5 Å². The zero-order valence-electron chi connectivity index (χ0n) is 18.8. The molecular formula is C24H28ClN5O2S. The average molecular weight is 486 g/mol. The summed E-state index contributed by atoms with van der Waals surface area (Å²) in [5.74, 6) is 0.975. The van der Waals surface area contributed by atoms with Crippen molar-refractivity contribution in [3.8, 4) is 5.69 Å².